The van der Waals surface area contributed by atoms with Crippen molar-refractivity contribution in [1.82, 2.24) is 15.3 Å². The topological polar surface area (TPSA) is 103 Å². The van der Waals surface area contributed by atoms with Crippen LogP contribution < -0.4 is 5.32 Å². The standard InChI is InChI=1S/C23H29N3O5/c27-22(23(28)13-18(14-23)31-16-17-5-2-1-3-6-17)26-19(20-15-24-9-10-25-20)7-8-21-29-11-4-12-30-21/h1-3,5-6,9-10,15,18-19,21,28H,4,7-8,11-14,16H2,(H,26,27)/t18?,19-,23?/m0/s1. The highest BCUT2D eigenvalue weighted by atomic mass is 16.7. The Balaban J connectivity index is 1.30. The molecular formula is C23H29N3O5. The summed E-state index contributed by atoms with van der Waals surface area (Å²) in [4.78, 5) is 21.3. The fourth-order valence-corrected chi connectivity index (χ4v) is 3.87. The van der Waals surface area contributed by atoms with E-state index < -0.39 is 11.5 Å². The lowest BCUT2D eigenvalue weighted by atomic mass is 9.76. The lowest BCUT2D eigenvalue weighted by Gasteiger charge is -2.42. The van der Waals surface area contributed by atoms with Crippen LogP contribution in [0.4, 0.5) is 0 Å². The van der Waals surface area contributed by atoms with Crippen molar-refractivity contribution in [2.75, 3.05) is 13.2 Å². The average Bonchev–Trinajstić information content (AvgIpc) is 2.80. The second-order valence-corrected chi connectivity index (χ2v) is 8.12. The summed E-state index contributed by atoms with van der Waals surface area (Å²) in [7, 11) is 0. The summed E-state index contributed by atoms with van der Waals surface area (Å²) < 4.78 is 17.0. The number of rotatable bonds is 9. The van der Waals surface area contributed by atoms with Crippen molar-refractivity contribution in [3.8, 4) is 0 Å². The van der Waals surface area contributed by atoms with E-state index in [-0.39, 0.29) is 31.3 Å². The molecule has 2 heterocycles. The summed E-state index contributed by atoms with van der Waals surface area (Å²) in [6.45, 7) is 1.82. The lowest BCUT2D eigenvalue weighted by Crippen LogP contribution is -2.58. The molecule has 31 heavy (non-hydrogen) atoms. The third-order valence-electron chi connectivity index (χ3n) is 5.71. The third kappa shape index (κ3) is 5.86. The molecule has 8 heteroatoms. The predicted octanol–water partition coefficient (Wildman–Crippen LogP) is 2.29. The highest BCUT2D eigenvalue weighted by Gasteiger charge is 2.50. The molecular weight excluding hydrogens is 398 g/mol. The Hall–Kier alpha value is -2.39. The summed E-state index contributed by atoms with van der Waals surface area (Å²) in [5.41, 5.74) is 0.281. The minimum Gasteiger partial charge on any atom is -0.380 e. The van der Waals surface area contributed by atoms with E-state index in [1.54, 1.807) is 18.6 Å². The Kier molecular flexibility index (Phi) is 7.24. The number of ether oxygens (including phenoxy) is 3. The van der Waals surface area contributed by atoms with Gasteiger partial charge >= 0.3 is 0 Å². The smallest absolute Gasteiger partial charge is 0.252 e. The van der Waals surface area contributed by atoms with Crippen LogP contribution in [0.1, 0.15) is 49.4 Å². The van der Waals surface area contributed by atoms with Crippen molar-refractivity contribution in [2.24, 2.45) is 0 Å². The van der Waals surface area contributed by atoms with Gasteiger partial charge < -0.3 is 24.6 Å². The normalized spacial score (nSPS) is 24.9. The number of aliphatic hydroxyl groups is 1. The first-order chi connectivity index (χ1) is 15.1. The monoisotopic (exact) mass is 427 g/mol. The van der Waals surface area contributed by atoms with Crippen LogP contribution >= 0.6 is 0 Å². The Labute approximate surface area is 182 Å². The maximum absolute atomic E-state index is 12.9. The lowest BCUT2D eigenvalue weighted by molar-refractivity contribution is -0.183. The molecule has 1 aromatic heterocycles. The van der Waals surface area contributed by atoms with Crippen LogP contribution in [0, 0.1) is 0 Å². The predicted molar refractivity (Wildman–Crippen MR) is 112 cm³/mol. The third-order valence-corrected chi connectivity index (χ3v) is 5.71. The molecule has 1 aromatic carbocycles. The molecule has 1 amide bonds. The van der Waals surface area contributed by atoms with Crippen molar-refractivity contribution in [3.63, 3.8) is 0 Å². The van der Waals surface area contributed by atoms with Crippen LogP contribution in [0.2, 0.25) is 0 Å². The maximum Gasteiger partial charge on any atom is 0.252 e. The first kappa shape index (κ1) is 21.8. The van der Waals surface area contributed by atoms with Gasteiger partial charge in [-0.2, -0.15) is 0 Å². The fraction of sp³-hybridized carbons (Fsp3) is 0.522. The van der Waals surface area contributed by atoms with E-state index in [0.717, 1.165) is 12.0 Å². The summed E-state index contributed by atoms with van der Waals surface area (Å²) in [6.07, 6.45) is 6.99. The van der Waals surface area contributed by atoms with Gasteiger partial charge in [-0.3, -0.25) is 14.8 Å². The second-order valence-electron chi connectivity index (χ2n) is 8.12. The van der Waals surface area contributed by atoms with Crippen molar-refractivity contribution in [3.05, 3.63) is 60.2 Å². The van der Waals surface area contributed by atoms with Crippen molar-refractivity contribution < 1.29 is 24.1 Å². The van der Waals surface area contributed by atoms with Gasteiger partial charge in [0.2, 0.25) is 0 Å². The zero-order chi connectivity index (χ0) is 21.5. The quantitative estimate of drug-likeness (QED) is 0.633. The molecule has 0 radical (unpaired) electrons. The van der Waals surface area contributed by atoms with Crippen LogP contribution in [0.25, 0.3) is 0 Å². The Morgan fingerprint density at radius 3 is 2.71 bits per heavy atom. The number of amides is 1. The number of nitrogens with one attached hydrogen (secondary N) is 1. The summed E-state index contributed by atoms with van der Waals surface area (Å²) >= 11 is 0. The molecule has 1 aliphatic carbocycles. The molecule has 2 fully saturated rings. The van der Waals surface area contributed by atoms with Gasteiger partial charge in [0.1, 0.15) is 5.60 Å². The first-order valence-electron chi connectivity index (χ1n) is 10.8. The van der Waals surface area contributed by atoms with E-state index in [0.29, 0.717) is 38.4 Å². The number of carbonyl (C=O) groups excluding carboxylic acids is 1. The fourth-order valence-electron chi connectivity index (χ4n) is 3.87. The number of hydrogen-bond donors (Lipinski definition) is 2. The molecule has 1 atom stereocenters. The Morgan fingerprint density at radius 2 is 2.00 bits per heavy atom. The van der Waals surface area contributed by atoms with E-state index >= 15 is 0 Å². The average molecular weight is 428 g/mol. The summed E-state index contributed by atoms with van der Waals surface area (Å²) in [6, 6.07) is 9.46. The van der Waals surface area contributed by atoms with Crippen LogP contribution in [0.3, 0.4) is 0 Å². The second kappa shape index (κ2) is 10.3. The van der Waals surface area contributed by atoms with Crippen LogP contribution in [0.5, 0.6) is 0 Å². The molecule has 0 spiro atoms. The molecule has 166 valence electrons. The van der Waals surface area contributed by atoms with Gasteiger partial charge in [0.25, 0.3) is 5.91 Å². The molecule has 0 unspecified atom stereocenters. The van der Waals surface area contributed by atoms with E-state index in [9.17, 15) is 9.90 Å². The van der Waals surface area contributed by atoms with E-state index in [4.69, 9.17) is 14.2 Å². The SMILES string of the molecule is O=C(N[C@@H](CCC1OCCCO1)c1cnccn1)C1(O)CC(OCc2ccccc2)C1. The Bertz CT molecular complexity index is 824. The number of carbonyl (C=O) groups is 1. The number of aromatic nitrogens is 2. The minimum absolute atomic E-state index is 0.144. The molecule has 0 bridgehead atoms. The summed E-state index contributed by atoms with van der Waals surface area (Å²) in [5, 5.41) is 13.7. The number of hydrogen-bond acceptors (Lipinski definition) is 7. The molecule has 1 saturated carbocycles. The molecule has 1 saturated heterocycles. The van der Waals surface area contributed by atoms with Gasteiger partial charge in [-0.05, 0) is 18.4 Å². The first-order valence-corrected chi connectivity index (χ1v) is 10.8. The summed E-state index contributed by atoms with van der Waals surface area (Å²) in [5.74, 6) is -0.409. The van der Waals surface area contributed by atoms with Gasteiger partial charge in [-0.1, -0.05) is 30.3 Å². The van der Waals surface area contributed by atoms with E-state index in [2.05, 4.69) is 15.3 Å². The zero-order valence-electron chi connectivity index (χ0n) is 17.5. The van der Waals surface area contributed by atoms with E-state index in [1.165, 1.54) is 0 Å². The van der Waals surface area contributed by atoms with Crippen LogP contribution in [-0.2, 0) is 25.6 Å². The van der Waals surface area contributed by atoms with Crippen LogP contribution in [0.15, 0.2) is 48.9 Å². The largest absolute Gasteiger partial charge is 0.380 e. The van der Waals surface area contributed by atoms with Gasteiger partial charge in [0.05, 0.1) is 43.9 Å². The van der Waals surface area contributed by atoms with Crippen molar-refractivity contribution in [1.29, 1.82) is 0 Å². The highest BCUT2D eigenvalue weighted by Crippen LogP contribution is 2.36. The Morgan fingerprint density at radius 1 is 1.23 bits per heavy atom. The molecule has 8 nitrogen and oxygen atoms in total. The van der Waals surface area contributed by atoms with Gasteiger partial charge in [-0.25, -0.2) is 0 Å². The van der Waals surface area contributed by atoms with Gasteiger partial charge in [0, 0.05) is 31.7 Å². The molecule has 4 rings (SSSR count). The van der Waals surface area contributed by atoms with Crippen molar-refractivity contribution >= 4 is 5.91 Å². The minimum atomic E-state index is -1.43. The molecule has 2 N–H and O–H groups in total. The van der Waals surface area contributed by atoms with E-state index in [1.807, 2.05) is 30.3 Å². The van der Waals surface area contributed by atoms with Gasteiger partial charge in [0.15, 0.2) is 6.29 Å². The van der Waals surface area contributed by atoms with Crippen molar-refractivity contribution in [2.45, 2.75) is 62.7 Å². The molecule has 1 aliphatic heterocycles. The number of nitrogens with zero attached hydrogens (tertiary/aromatic N) is 2. The zero-order valence-corrected chi connectivity index (χ0v) is 17.5. The maximum atomic E-state index is 12.9. The molecule has 2 aromatic rings. The van der Waals surface area contributed by atoms with Crippen LogP contribution in [-0.4, -0.2) is 52.2 Å². The molecule has 2 aliphatic rings. The van der Waals surface area contributed by atoms with Gasteiger partial charge in [-0.15, -0.1) is 0 Å². The highest BCUT2D eigenvalue weighted by molar-refractivity contribution is 5.86. The number of benzene rings is 1.